The molecule has 2 N–H and O–H groups in total. The van der Waals surface area contributed by atoms with Crippen molar-refractivity contribution >= 4 is 24.2 Å². The van der Waals surface area contributed by atoms with Crippen LogP contribution in [0.4, 0.5) is 0 Å². The van der Waals surface area contributed by atoms with Crippen LogP contribution in [-0.2, 0) is 9.59 Å². The van der Waals surface area contributed by atoms with Crippen molar-refractivity contribution in [1.82, 2.24) is 15.5 Å². The van der Waals surface area contributed by atoms with Crippen molar-refractivity contribution in [3.63, 3.8) is 0 Å². The van der Waals surface area contributed by atoms with Crippen molar-refractivity contribution in [2.45, 2.75) is 70.5 Å². The lowest BCUT2D eigenvalue weighted by atomic mass is 9.98. The van der Waals surface area contributed by atoms with E-state index < -0.39 is 0 Å². The van der Waals surface area contributed by atoms with Crippen LogP contribution >= 0.6 is 12.4 Å². The molecule has 2 aliphatic rings. The normalized spacial score (nSPS) is 26.5. The van der Waals surface area contributed by atoms with Crippen molar-refractivity contribution < 1.29 is 9.59 Å². The fourth-order valence-electron chi connectivity index (χ4n) is 3.48. The smallest absolute Gasteiger partial charge is 0.224 e. The molecule has 2 unspecified atom stereocenters. The predicted molar refractivity (Wildman–Crippen MR) is 90.1 cm³/mol. The Balaban J connectivity index is 0.00000242. The highest BCUT2D eigenvalue weighted by Gasteiger charge is 2.36. The first-order chi connectivity index (χ1) is 9.95. The Bertz CT molecular complexity index is 378. The lowest BCUT2D eigenvalue weighted by Gasteiger charge is -2.35. The lowest BCUT2D eigenvalue weighted by molar-refractivity contribution is -0.132. The van der Waals surface area contributed by atoms with Crippen LogP contribution in [0.15, 0.2) is 0 Å². The summed E-state index contributed by atoms with van der Waals surface area (Å²) in [6, 6.07) is 1.55. The van der Waals surface area contributed by atoms with Gasteiger partial charge in [0.25, 0.3) is 0 Å². The minimum atomic E-state index is 0. The Labute approximate surface area is 140 Å². The van der Waals surface area contributed by atoms with Crippen molar-refractivity contribution in [3.05, 3.63) is 0 Å². The molecule has 128 valence electrons. The minimum absolute atomic E-state index is 0. The van der Waals surface area contributed by atoms with Crippen LogP contribution in [0.3, 0.4) is 0 Å². The van der Waals surface area contributed by atoms with E-state index in [1.165, 1.54) is 12.8 Å². The highest BCUT2D eigenvalue weighted by Crippen LogP contribution is 2.29. The van der Waals surface area contributed by atoms with Gasteiger partial charge in [0.1, 0.15) is 0 Å². The number of rotatable bonds is 6. The summed E-state index contributed by atoms with van der Waals surface area (Å²) in [5, 5.41) is 6.43. The number of hydrogen-bond acceptors (Lipinski definition) is 3. The summed E-state index contributed by atoms with van der Waals surface area (Å²) in [7, 11) is 1.91. The maximum atomic E-state index is 12.2. The molecule has 5 nitrogen and oxygen atoms in total. The monoisotopic (exact) mass is 331 g/mol. The molecule has 6 heteroatoms. The van der Waals surface area contributed by atoms with Crippen molar-refractivity contribution in [1.29, 1.82) is 0 Å². The molecule has 2 fully saturated rings. The van der Waals surface area contributed by atoms with Crippen LogP contribution in [-0.4, -0.2) is 48.4 Å². The second-order valence-electron chi connectivity index (χ2n) is 6.97. The maximum Gasteiger partial charge on any atom is 0.224 e. The van der Waals surface area contributed by atoms with Gasteiger partial charge >= 0.3 is 0 Å². The van der Waals surface area contributed by atoms with Crippen LogP contribution < -0.4 is 10.6 Å². The van der Waals surface area contributed by atoms with Crippen molar-refractivity contribution in [3.8, 4) is 0 Å². The standard InChI is InChI=1S/C16H29N3O2.ClH/c1-11(2)8-15(20)17-7-6-16(21)19(3)14-9-12-4-5-13(10-14)18-12;/h11-14,18H,4-10H2,1-3H3,(H,17,20);1H. The van der Waals surface area contributed by atoms with Crippen LogP contribution in [0, 0.1) is 5.92 Å². The summed E-state index contributed by atoms with van der Waals surface area (Å²) in [5.74, 6) is 0.542. The number of amides is 2. The molecule has 2 aliphatic heterocycles. The van der Waals surface area contributed by atoms with Gasteiger partial charge in [-0.15, -0.1) is 12.4 Å². The van der Waals surface area contributed by atoms with Gasteiger partial charge in [-0.25, -0.2) is 0 Å². The summed E-state index contributed by atoms with van der Waals surface area (Å²) >= 11 is 0. The van der Waals surface area contributed by atoms with E-state index in [2.05, 4.69) is 10.6 Å². The Morgan fingerprint density at radius 2 is 1.82 bits per heavy atom. The molecule has 2 bridgehead atoms. The maximum absolute atomic E-state index is 12.2. The first-order valence-electron chi connectivity index (χ1n) is 8.24. The summed E-state index contributed by atoms with van der Waals surface area (Å²) in [6.07, 6.45) is 5.56. The van der Waals surface area contributed by atoms with Gasteiger partial charge in [-0.05, 0) is 31.6 Å². The summed E-state index contributed by atoms with van der Waals surface area (Å²) in [6.45, 7) is 4.49. The molecule has 0 aromatic rings. The van der Waals surface area contributed by atoms with Gasteiger partial charge in [0, 0.05) is 44.6 Å². The zero-order chi connectivity index (χ0) is 15.4. The summed E-state index contributed by atoms with van der Waals surface area (Å²) in [5.41, 5.74) is 0. The van der Waals surface area contributed by atoms with E-state index in [4.69, 9.17) is 0 Å². The average molecular weight is 332 g/mol. The molecule has 2 heterocycles. The van der Waals surface area contributed by atoms with Gasteiger partial charge in [-0.3, -0.25) is 9.59 Å². The molecular formula is C16H30ClN3O2. The molecule has 2 atom stereocenters. The molecule has 0 aromatic heterocycles. The third-order valence-corrected chi connectivity index (χ3v) is 4.64. The third kappa shape index (κ3) is 5.43. The number of hydrogen-bond donors (Lipinski definition) is 2. The van der Waals surface area contributed by atoms with Gasteiger partial charge in [0.05, 0.1) is 0 Å². The number of fused-ring (bicyclic) bond motifs is 2. The first kappa shape index (κ1) is 19.2. The Morgan fingerprint density at radius 1 is 1.23 bits per heavy atom. The summed E-state index contributed by atoms with van der Waals surface area (Å²) in [4.78, 5) is 25.7. The van der Waals surface area contributed by atoms with Crippen LogP contribution in [0.2, 0.25) is 0 Å². The fraction of sp³-hybridized carbons (Fsp3) is 0.875. The lowest BCUT2D eigenvalue weighted by Crippen LogP contribution is -2.49. The van der Waals surface area contributed by atoms with Crippen molar-refractivity contribution in [2.24, 2.45) is 5.92 Å². The van der Waals surface area contributed by atoms with E-state index in [0.717, 1.165) is 12.8 Å². The number of nitrogens with one attached hydrogen (secondary N) is 2. The second kappa shape index (κ2) is 8.73. The molecule has 2 rings (SSSR count). The zero-order valence-corrected chi connectivity index (χ0v) is 14.7. The van der Waals surface area contributed by atoms with Crippen LogP contribution in [0.25, 0.3) is 0 Å². The largest absolute Gasteiger partial charge is 0.356 e. The zero-order valence-electron chi connectivity index (χ0n) is 13.9. The quantitative estimate of drug-likeness (QED) is 0.778. The van der Waals surface area contributed by atoms with Gasteiger partial charge < -0.3 is 15.5 Å². The molecule has 2 amide bonds. The Kier molecular flexibility index (Phi) is 7.63. The van der Waals surface area contributed by atoms with Crippen LogP contribution in [0.5, 0.6) is 0 Å². The average Bonchev–Trinajstić information content (AvgIpc) is 2.75. The summed E-state index contributed by atoms with van der Waals surface area (Å²) < 4.78 is 0. The number of halogens is 1. The topological polar surface area (TPSA) is 61.4 Å². The van der Waals surface area contributed by atoms with Gasteiger partial charge in [0.15, 0.2) is 0 Å². The van der Waals surface area contributed by atoms with E-state index in [1.54, 1.807) is 0 Å². The first-order valence-corrected chi connectivity index (χ1v) is 8.24. The van der Waals surface area contributed by atoms with Gasteiger partial charge in [-0.2, -0.15) is 0 Å². The highest BCUT2D eigenvalue weighted by atomic mass is 35.5. The third-order valence-electron chi connectivity index (χ3n) is 4.64. The highest BCUT2D eigenvalue weighted by molar-refractivity contribution is 5.85. The van der Waals surface area contributed by atoms with Crippen molar-refractivity contribution in [2.75, 3.05) is 13.6 Å². The molecule has 22 heavy (non-hydrogen) atoms. The van der Waals surface area contributed by atoms with Crippen LogP contribution in [0.1, 0.15) is 52.4 Å². The number of nitrogens with zero attached hydrogens (tertiary/aromatic N) is 1. The number of piperidine rings is 1. The second-order valence-corrected chi connectivity index (χ2v) is 6.97. The Morgan fingerprint density at radius 3 is 2.36 bits per heavy atom. The van der Waals surface area contributed by atoms with E-state index in [-0.39, 0.29) is 24.2 Å². The molecule has 0 saturated carbocycles. The van der Waals surface area contributed by atoms with Gasteiger partial charge in [0.2, 0.25) is 11.8 Å². The Hall–Kier alpha value is -0.810. The molecular weight excluding hydrogens is 302 g/mol. The predicted octanol–water partition coefficient (Wildman–Crippen LogP) is 1.70. The van der Waals surface area contributed by atoms with E-state index in [9.17, 15) is 9.59 Å². The van der Waals surface area contributed by atoms with E-state index >= 15 is 0 Å². The molecule has 0 aliphatic carbocycles. The van der Waals surface area contributed by atoms with E-state index in [1.807, 2.05) is 25.8 Å². The molecule has 0 spiro atoms. The fourth-order valence-corrected chi connectivity index (χ4v) is 3.48. The molecule has 2 saturated heterocycles. The van der Waals surface area contributed by atoms with Gasteiger partial charge in [-0.1, -0.05) is 13.8 Å². The number of carbonyl (C=O) groups is 2. The molecule has 0 radical (unpaired) electrons. The van der Waals surface area contributed by atoms with E-state index in [0.29, 0.717) is 43.4 Å². The number of carbonyl (C=O) groups excluding carboxylic acids is 2. The molecule has 0 aromatic carbocycles. The minimum Gasteiger partial charge on any atom is -0.356 e. The SMILES string of the molecule is CC(C)CC(=O)NCCC(=O)N(C)C1CC2CCC(C1)N2.Cl.